The summed E-state index contributed by atoms with van der Waals surface area (Å²) < 4.78 is 3.10. The molecule has 0 saturated heterocycles. The van der Waals surface area contributed by atoms with Crippen molar-refractivity contribution in [3.05, 3.63) is 34.7 Å². The molecule has 26 heavy (non-hydrogen) atoms. The smallest absolute Gasteiger partial charge is 0.329 e. The third-order valence-corrected chi connectivity index (χ3v) is 4.87. The van der Waals surface area contributed by atoms with E-state index in [1.807, 2.05) is 31.2 Å². The van der Waals surface area contributed by atoms with E-state index in [1.54, 1.807) is 4.57 Å². The fraction of sp³-hybridized carbons (Fsp3) is 0.526. The molecule has 0 aliphatic heterocycles. The van der Waals surface area contributed by atoms with Gasteiger partial charge in [0.25, 0.3) is 0 Å². The highest BCUT2D eigenvalue weighted by Gasteiger charge is 2.19. The lowest BCUT2D eigenvalue weighted by molar-refractivity contribution is -0.120. The highest BCUT2D eigenvalue weighted by atomic mass is 16.2. The lowest BCUT2D eigenvalue weighted by Gasteiger charge is -2.22. The molecule has 140 valence electrons. The van der Waals surface area contributed by atoms with Crippen LogP contribution >= 0.6 is 0 Å². The van der Waals surface area contributed by atoms with Gasteiger partial charge in [0.2, 0.25) is 5.91 Å². The van der Waals surface area contributed by atoms with Crippen LogP contribution in [0.5, 0.6) is 0 Å². The second-order valence-electron chi connectivity index (χ2n) is 6.87. The van der Waals surface area contributed by atoms with Crippen LogP contribution < -0.4 is 16.3 Å². The summed E-state index contributed by atoms with van der Waals surface area (Å²) in [5.41, 5.74) is 1.28. The van der Waals surface area contributed by atoms with Gasteiger partial charge < -0.3 is 5.32 Å². The summed E-state index contributed by atoms with van der Waals surface area (Å²) in [7, 11) is 0. The zero-order valence-corrected chi connectivity index (χ0v) is 15.2. The number of nitrogens with one attached hydrogen (secondary N) is 2. The summed E-state index contributed by atoms with van der Waals surface area (Å²) in [6.07, 6.45) is 6.13. The van der Waals surface area contributed by atoms with E-state index < -0.39 is 11.9 Å². The first kappa shape index (κ1) is 18.2. The number of para-hydroxylation sites is 2. The minimum Gasteiger partial charge on any atom is -0.335 e. The van der Waals surface area contributed by atoms with Crippen molar-refractivity contribution in [3.63, 3.8) is 0 Å². The summed E-state index contributed by atoms with van der Waals surface area (Å²) in [5, 5.41) is 5.20. The number of fused-ring (bicyclic) bond motifs is 1. The predicted molar refractivity (Wildman–Crippen MR) is 100 cm³/mol. The Morgan fingerprint density at radius 2 is 1.73 bits per heavy atom. The molecule has 1 saturated carbocycles. The molecule has 0 atom stereocenters. The number of nitrogens with zero attached hydrogens (tertiary/aromatic N) is 2. The van der Waals surface area contributed by atoms with Crippen molar-refractivity contribution < 1.29 is 9.59 Å². The molecule has 0 unspecified atom stereocenters. The van der Waals surface area contributed by atoms with Gasteiger partial charge in [0.1, 0.15) is 6.54 Å². The highest BCUT2D eigenvalue weighted by molar-refractivity contribution is 5.94. The first-order valence-corrected chi connectivity index (χ1v) is 9.38. The zero-order chi connectivity index (χ0) is 18.5. The van der Waals surface area contributed by atoms with Gasteiger partial charge in [-0.3, -0.25) is 19.2 Å². The van der Waals surface area contributed by atoms with Gasteiger partial charge in [-0.25, -0.2) is 9.59 Å². The van der Waals surface area contributed by atoms with E-state index in [0.29, 0.717) is 12.1 Å². The van der Waals surface area contributed by atoms with Crippen molar-refractivity contribution in [2.45, 2.75) is 64.6 Å². The zero-order valence-electron chi connectivity index (χ0n) is 15.2. The molecular weight excluding hydrogens is 332 g/mol. The van der Waals surface area contributed by atoms with Crippen molar-refractivity contribution in [1.29, 1.82) is 0 Å². The van der Waals surface area contributed by atoms with Crippen LogP contribution in [0.4, 0.5) is 4.79 Å². The van der Waals surface area contributed by atoms with Gasteiger partial charge in [-0.2, -0.15) is 0 Å². The van der Waals surface area contributed by atoms with Crippen LogP contribution in [0.2, 0.25) is 0 Å². The highest BCUT2D eigenvalue weighted by Crippen LogP contribution is 2.17. The molecule has 2 N–H and O–H groups in total. The molecule has 1 aliphatic carbocycles. The monoisotopic (exact) mass is 358 g/mol. The van der Waals surface area contributed by atoms with Gasteiger partial charge in [0, 0.05) is 12.6 Å². The third-order valence-electron chi connectivity index (χ3n) is 4.87. The summed E-state index contributed by atoms with van der Waals surface area (Å²) in [4.78, 5) is 37.0. The second kappa shape index (κ2) is 8.21. The number of imidazole rings is 1. The number of benzene rings is 1. The number of carbonyl (C=O) groups excluding carboxylic acids is 2. The van der Waals surface area contributed by atoms with Crippen molar-refractivity contribution in [2.75, 3.05) is 0 Å². The molecule has 7 nitrogen and oxygen atoms in total. The maximum Gasteiger partial charge on any atom is 0.329 e. The van der Waals surface area contributed by atoms with Crippen LogP contribution in [0.15, 0.2) is 29.1 Å². The minimum absolute atomic E-state index is 0.130. The van der Waals surface area contributed by atoms with Crippen LogP contribution in [0.3, 0.4) is 0 Å². The lowest BCUT2D eigenvalue weighted by Crippen LogP contribution is -2.46. The Hall–Kier alpha value is -2.57. The molecule has 2 aromatic rings. The van der Waals surface area contributed by atoms with Crippen molar-refractivity contribution >= 4 is 23.0 Å². The van der Waals surface area contributed by atoms with Crippen LogP contribution in [-0.2, 0) is 17.9 Å². The fourth-order valence-corrected chi connectivity index (χ4v) is 3.64. The summed E-state index contributed by atoms with van der Waals surface area (Å²) in [6, 6.07) is 7.05. The number of rotatable bonds is 5. The van der Waals surface area contributed by atoms with Gasteiger partial charge in [0.05, 0.1) is 11.0 Å². The molecule has 0 spiro atoms. The van der Waals surface area contributed by atoms with Crippen LogP contribution in [0.25, 0.3) is 11.0 Å². The average Bonchev–Trinajstić information content (AvgIpc) is 2.89. The third kappa shape index (κ3) is 3.98. The van der Waals surface area contributed by atoms with E-state index in [4.69, 9.17) is 0 Å². The van der Waals surface area contributed by atoms with Gasteiger partial charge in [-0.05, 0) is 31.4 Å². The Bertz CT molecular complexity index is 846. The number of amides is 3. The van der Waals surface area contributed by atoms with E-state index in [2.05, 4.69) is 10.6 Å². The quantitative estimate of drug-likeness (QED) is 0.860. The van der Waals surface area contributed by atoms with Gasteiger partial charge in [-0.15, -0.1) is 0 Å². The lowest BCUT2D eigenvalue weighted by atomic mass is 9.96. The Labute approximate surface area is 152 Å². The predicted octanol–water partition coefficient (Wildman–Crippen LogP) is 2.37. The van der Waals surface area contributed by atoms with Crippen molar-refractivity contribution in [2.24, 2.45) is 0 Å². The summed E-state index contributed by atoms with van der Waals surface area (Å²) in [6.45, 7) is 2.42. The molecule has 3 amide bonds. The Morgan fingerprint density at radius 1 is 1.08 bits per heavy atom. The number of urea groups is 1. The normalized spacial score (nSPS) is 15.1. The van der Waals surface area contributed by atoms with E-state index in [9.17, 15) is 14.4 Å². The van der Waals surface area contributed by atoms with Crippen molar-refractivity contribution in [3.8, 4) is 0 Å². The maximum absolute atomic E-state index is 12.7. The number of imide groups is 1. The molecular formula is C19H26N4O3. The molecule has 1 aromatic carbocycles. The first-order valence-electron chi connectivity index (χ1n) is 9.38. The Balaban J connectivity index is 1.70. The number of aryl methyl sites for hydroxylation is 1. The molecule has 3 rings (SSSR count). The molecule has 1 aromatic heterocycles. The summed E-state index contributed by atoms with van der Waals surface area (Å²) in [5.74, 6) is -0.486. The molecule has 7 heteroatoms. The largest absolute Gasteiger partial charge is 0.335 e. The fourth-order valence-electron chi connectivity index (χ4n) is 3.64. The molecule has 0 bridgehead atoms. The standard InChI is InChI=1S/C19H26N4O3/c1-2-12-22-15-10-6-7-11-16(15)23(19(22)26)13-17(24)21-18(25)20-14-8-4-3-5-9-14/h6-7,10-11,14H,2-5,8-9,12-13H2,1H3,(H2,20,21,24,25). The maximum atomic E-state index is 12.7. The minimum atomic E-state index is -0.486. The average molecular weight is 358 g/mol. The molecule has 1 fully saturated rings. The van der Waals surface area contributed by atoms with Crippen molar-refractivity contribution in [1.82, 2.24) is 19.8 Å². The molecule has 1 aliphatic rings. The van der Waals surface area contributed by atoms with Crippen LogP contribution in [0, 0.1) is 0 Å². The number of hydrogen-bond donors (Lipinski definition) is 2. The van der Waals surface area contributed by atoms with Gasteiger partial charge in [0.15, 0.2) is 0 Å². The van der Waals surface area contributed by atoms with Gasteiger partial charge in [-0.1, -0.05) is 38.3 Å². The summed E-state index contributed by atoms with van der Waals surface area (Å²) >= 11 is 0. The van der Waals surface area contributed by atoms with Gasteiger partial charge >= 0.3 is 11.7 Å². The second-order valence-corrected chi connectivity index (χ2v) is 6.87. The van der Waals surface area contributed by atoms with E-state index >= 15 is 0 Å². The first-order chi connectivity index (χ1) is 12.6. The SMILES string of the molecule is CCCn1c(=O)n(CC(=O)NC(=O)NC2CCCCC2)c2ccccc21. The molecule has 0 radical (unpaired) electrons. The Morgan fingerprint density at radius 3 is 2.38 bits per heavy atom. The van der Waals surface area contributed by atoms with E-state index in [0.717, 1.165) is 37.6 Å². The van der Waals surface area contributed by atoms with Crippen LogP contribution in [0.1, 0.15) is 45.4 Å². The Kier molecular flexibility index (Phi) is 5.75. The number of carbonyl (C=O) groups is 2. The topological polar surface area (TPSA) is 85.1 Å². The number of aromatic nitrogens is 2. The number of hydrogen-bond acceptors (Lipinski definition) is 3. The van der Waals surface area contributed by atoms with Crippen LogP contribution in [-0.4, -0.2) is 27.1 Å². The van der Waals surface area contributed by atoms with E-state index in [-0.39, 0.29) is 18.3 Å². The molecule has 1 heterocycles. The van der Waals surface area contributed by atoms with E-state index in [1.165, 1.54) is 11.0 Å².